The summed E-state index contributed by atoms with van der Waals surface area (Å²) in [5.74, 6) is 0.325. The number of fused-ring (bicyclic) bond motifs is 1. The van der Waals surface area contributed by atoms with Crippen molar-refractivity contribution in [1.82, 2.24) is 14.7 Å². The van der Waals surface area contributed by atoms with E-state index < -0.39 is 0 Å². The summed E-state index contributed by atoms with van der Waals surface area (Å²) in [5, 5.41) is 5.94. The number of aromatic nitrogens is 2. The highest BCUT2D eigenvalue weighted by Crippen LogP contribution is 2.36. The SMILES string of the molecule is Cc1cc(Cl)c2oc(C(=O)N(Cc3c(C)nn(C)c3C)C3CC3)c(C)c2c1. The smallest absolute Gasteiger partial charge is 0.290 e. The molecule has 1 aliphatic carbocycles. The Hall–Kier alpha value is -2.27. The van der Waals surface area contributed by atoms with E-state index in [9.17, 15) is 4.79 Å². The summed E-state index contributed by atoms with van der Waals surface area (Å²) < 4.78 is 7.83. The van der Waals surface area contributed by atoms with Gasteiger partial charge in [0.2, 0.25) is 0 Å². The van der Waals surface area contributed by atoms with Crippen molar-refractivity contribution in [3.63, 3.8) is 0 Å². The minimum Gasteiger partial charge on any atom is -0.449 e. The summed E-state index contributed by atoms with van der Waals surface area (Å²) in [6, 6.07) is 4.15. The van der Waals surface area contributed by atoms with Crippen LogP contribution in [0.15, 0.2) is 16.5 Å². The second-order valence-electron chi connectivity index (χ2n) is 7.62. The van der Waals surface area contributed by atoms with Crippen molar-refractivity contribution in [3.05, 3.63) is 51.0 Å². The highest BCUT2D eigenvalue weighted by atomic mass is 35.5. The van der Waals surface area contributed by atoms with Gasteiger partial charge in [0.15, 0.2) is 11.3 Å². The average Bonchev–Trinajstić information content (AvgIpc) is 3.34. The number of hydrogen-bond donors (Lipinski definition) is 0. The van der Waals surface area contributed by atoms with Gasteiger partial charge in [0, 0.05) is 35.3 Å². The first-order valence-corrected chi connectivity index (χ1v) is 9.65. The van der Waals surface area contributed by atoms with Gasteiger partial charge in [-0.2, -0.15) is 5.10 Å². The summed E-state index contributed by atoms with van der Waals surface area (Å²) in [5.41, 5.74) is 5.66. The summed E-state index contributed by atoms with van der Waals surface area (Å²) in [6.07, 6.45) is 2.06. The largest absolute Gasteiger partial charge is 0.449 e. The van der Waals surface area contributed by atoms with Crippen LogP contribution in [0.4, 0.5) is 0 Å². The van der Waals surface area contributed by atoms with Gasteiger partial charge in [0.05, 0.1) is 17.3 Å². The first-order chi connectivity index (χ1) is 12.8. The van der Waals surface area contributed by atoms with Gasteiger partial charge in [-0.05, 0) is 58.2 Å². The Balaban J connectivity index is 1.74. The van der Waals surface area contributed by atoms with E-state index in [1.54, 1.807) is 0 Å². The summed E-state index contributed by atoms with van der Waals surface area (Å²) in [4.78, 5) is 15.3. The second kappa shape index (κ2) is 6.41. The number of halogens is 1. The minimum absolute atomic E-state index is 0.0671. The van der Waals surface area contributed by atoms with Gasteiger partial charge in [-0.25, -0.2) is 0 Å². The molecule has 0 radical (unpaired) electrons. The molecule has 5 nitrogen and oxygen atoms in total. The molecule has 3 aromatic rings. The minimum atomic E-state index is -0.0671. The highest BCUT2D eigenvalue weighted by molar-refractivity contribution is 6.35. The monoisotopic (exact) mass is 385 g/mol. The molecule has 1 aliphatic rings. The number of carbonyl (C=O) groups is 1. The molecule has 1 aromatic carbocycles. The fraction of sp³-hybridized carbons (Fsp3) is 0.429. The van der Waals surface area contributed by atoms with Crippen LogP contribution < -0.4 is 0 Å². The lowest BCUT2D eigenvalue weighted by Gasteiger charge is -2.22. The first-order valence-electron chi connectivity index (χ1n) is 9.27. The fourth-order valence-electron chi connectivity index (χ4n) is 3.72. The third-order valence-electron chi connectivity index (χ3n) is 5.57. The molecule has 27 heavy (non-hydrogen) atoms. The van der Waals surface area contributed by atoms with Crippen molar-refractivity contribution >= 4 is 28.5 Å². The number of rotatable bonds is 4. The number of hydrogen-bond acceptors (Lipinski definition) is 3. The van der Waals surface area contributed by atoms with Crippen molar-refractivity contribution < 1.29 is 9.21 Å². The van der Waals surface area contributed by atoms with Gasteiger partial charge in [-0.15, -0.1) is 0 Å². The van der Waals surface area contributed by atoms with E-state index in [2.05, 4.69) is 5.10 Å². The maximum absolute atomic E-state index is 13.4. The third kappa shape index (κ3) is 3.04. The molecule has 6 heteroatoms. The molecule has 0 N–H and O–H groups in total. The van der Waals surface area contributed by atoms with Crippen LogP contribution in [0, 0.1) is 27.7 Å². The van der Waals surface area contributed by atoms with E-state index in [0.717, 1.165) is 46.3 Å². The predicted octanol–water partition coefficient (Wildman–Crippen LogP) is 4.86. The highest BCUT2D eigenvalue weighted by Gasteiger charge is 2.36. The Morgan fingerprint density at radius 2 is 2.00 bits per heavy atom. The summed E-state index contributed by atoms with van der Waals surface area (Å²) in [7, 11) is 1.93. The number of furan rings is 1. The van der Waals surface area contributed by atoms with Crippen molar-refractivity contribution in [1.29, 1.82) is 0 Å². The van der Waals surface area contributed by atoms with Gasteiger partial charge in [-0.3, -0.25) is 9.48 Å². The van der Waals surface area contributed by atoms with E-state index in [-0.39, 0.29) is 11.9 Å². The molecule has 2 heterocycles. The number of aryl methyl sites for hydroxylation is 4. The third-order valence-corrected chi connectivity index (χ3v) is 5.85. The lowest BCUT2D eigenvalue weighted by molar-refractivity contribution is 0.0698. The normalized spacial score (nSPS) is 14.1. The molecular formula is C21H24ClN3O2. The van der Waals surface area contributed by atoms with Crippen LogP contribution in [0.1, 0.15) is 51.5 Å². The average molecular weight is 386 g/mol. The molecule has 1 saturated carbocycles. The van der Waals surface area contributed by atoms with Gasteiger partial charge in [-0.1, -0.05) is 11.6 Å². The Bertz CT molecular complexity index is 1060. The Labute approximate surface area is 163 Å². The molecule has 1 amide bonds. The van der Waals surface area contributed by atoms with Crippen molar-refractivity contribution in [2.75, 3.05) is 0 Å². The maximum atomic E-state index is 13.4. The van der Waals surface area contributed by atoms with Crippen molar-refractivity contribution in [3.8, 4) is 0 Å². The Morgan fingerprint density at radius 1 is 1.30 bits per heavy atom. The zero-order valence-electron chi connectivity index (χ0n) is 16.4. The van der Waals surface area contributed by atoms with Crippen molar-refractivity contribution in [2.45, 2.75) is 53.1 Å². The van der Waals surface area contributed by atoms with Crippen molar-refractivity contribution in [2.24, 2.45) is 7.05 Å². The molecule has 2 aromatic heterocycles. The Morgan fingerprint density at radius 3 is 2.59 bits per heavy atom. The van der Waals surface area contributed by atoms with Crippen LogP contribution >= 0.6 is 11.6 Å². The molecule has 0 atom stereocenters. The molecule has 0 spiro atoms. The van der Waals surface area contributed by atoms with Gasteiger partial charge >= 0.3 is 0 Å². The summed E-state index contributed by atoms with van der Waals surface area (Å²) >= 11 is 6.35. The lowest BCUT2D eigenvalue weighted by atomic mass is 10.1. The van der Waals surface area contributed by atoms with E-state index >= 15 is 0 Å². The molecule has 142 valence electrons. The zero-order valence-corrected chi connectivity index (χ0v) is 17.1. The second-order valence-corrected chi connectivity index (χ2v) is 8.02. The fourth-order valence-corrected chi connectivity index (χ4v) is 4.03. The molecule has 0 saturated heterocycles. The predicted molar refractivity (Wildman–Crippen MR) is 106 cm³/mol. The van der Waals surface area contributed by atoms with Crippen LogP contribution in [-0.4, -0.2) is 26.6 Å². The van der Waals surface area contributed by atoms with Crippen LogP contribution in [-0.2, 0) is 13.6 Å². The van der Waals surface area contributed by atoms with Gasteiger partial charge in [0.25, 0.3) is 5.91 Å². The Kier molecular flexibility index (Phi) is 4.30. The van der Waals surface area contributed by atoms with E-state index in [1.165, 1.54) is 0 Å². The zero-order chi connectivity index (χ0) is 19.5. The molecule has 0 aliphatic heterocycles. The number of carbonyl (C=O) groups excluding carboxylic acids is 1. The number of amides is 1. The van der Waals surface area contributed by atoms with Gasteiger partial charge in [0.1, 0.15) is 0 Å². The molecule has 0 unspecified atom stereocenters. The van der Waals surface area contributed by atoms with E-state index in [0.29, 0.717) is 22.9 Å². The standard InChI is InChI=1S/C21H24ClN3O2/c1-11-8-16-12(2)19(27-20(16)18(22)9-11)21(26)25(15-6-7-15)10-17-13(3)23-24(5)14(17)4/h8-9,15H,6-7,10H2,1-5H3. The lowest BCUT2D eigenvalue weighted by Crippen LogP contribution is -2.33. The number of benzene rings is 1. The van der Waals surface area contributed by atoms with Crippen LogP contribution in [0.2, 0.25) is 5.02 Å². The maximum Gasteiger partial charge on any atom is 0.290 e. The molecule has 4 rings (SSSR count). The molecule has 0 bridgehead atoms. The van der Waals surface area contributed by atoms with E-state index in [1.807, 2.05) is 56.5 Å². The number of nitrogens with zero attached hydrogens (tertiary/aromatic N) is 3. The van der Waals surface area contributed by atoms with E-state index in [4.69, 9.17) is 16.0 Å². The molecular weight excluding hydrogens is 362 g/mol. The van der Waals surface area contributed by atoms with Crippen LogP contribution in [0.3, 0.4) is 0 Å². The topological polar surface area (TPSA) is 51.3 Å². The molecule has 1 fully saturated rings. The summed E-state index contributed by atoms with van der Waals surface area (Å²) in [6.45, 7) is 8.51. The quantitative estimate of drug-likeness (QED) is 0.644. The first kappa shape index (κ1) is 18.1. The van der Waals surface area contributed by atoms with Gasteiger partial charge < -0.3 is 9.32 Å². The van der Waals surface area contributed by atoms with Crippen LogP contribution in [0.25, 0.3) is 11.0 Å². The van der Waals surface area contributed by atoms with Crippen LogP contribution in [0.5, 0.6) is 0 Å².